The molecule has 2 aromatic rings. The van der Waals surface area contributed by atoms with Crippen molar-refractivity contribution in [2.75, 3.05) is 17.2 Å². The van der Waals surface area contributed by atoms with Crippen molar-refractivity contribution in [3.05, 3.63) is 59.9 Å². The van der Waals surface area contributed by atoms with Gasteiger partial charge in [-0.15, -0.1) is 0 Å². The number of nitrogens with zero attached hydrogens (tertiary/aromatic N) is 1. The second kappa shape index (κ2) is 8.47. The third-order valence-electron chi connectivity index (χ3n) is 3.24. The molecule has 0 fully saturated rings. The summed E-state index contributed by atoms with van der Waals surface area (Å²) in [5, 5.41) is 5.44. The van der Waals surface area contributed by atoms with Gasteiger partial charge in [-0.3, -0.25) is 15.1 Å². The van der Waals surface area contributed by atoms with Crippen molar-refractivity contribution in [1.29, 1.82) is 0 Å². The Hall–Kier alpha value is -3.15. The van der Waals surface area contributed by atoms with Crippen molar-refractivity contribution in [2.24, 2.45) is 0 Å². The molecule has 2 rings (SSSR count). The van der Waals surface area contributed by atoms with Crippen LogP contribution in [0.5, 0.6) is 0 Å². The fourth-order valence-electron chi connectivity index (χ4n) is 2.00. The molecule has 0 saturated carbocycles. The second-order valence-electron chi connectivity index (χ2n) is 4.93. The van der Waals surface area contributed by atoms with Gasteiger partial charge in [-0.05, 0) is 55.3 Å². The smallest absolute Gasteiger partial charge is 0.411 e. The summed E-state index contributed by atoms with van der Waals surface area (Å²) in [5.74, 6) is -0.261. The van der Waals surface area contributed by atoms with E-state index >= 15 is 0 Å². The summed E-state index contributed by atoms with van der Waals surface area (Å²) in [6.45, 7) is 3.84. The maximum Gasteiger partial charge on any atom is 0.411 e. The third-order valence-corrected chi connectivity index (χ3v) is 3.24. The maximum absolute atomic E-state index is 12.0. The van der Waals surface area contributed by atoms with Crippen LogP contribution in [0.2, 0.25) is 0 Å². The van der Waals surface area contributed by atoms with Gasteiger partial charge in [0.1, 0.15) is 0 Å². The monoisotopic (exact) mass is 325 g/mol. The minimum absolute atomic E-state index is 0.261. The lowest BCUT2D eigenvalue weighted by atomic mass is 10.1. The van der Waals surface area contributed by atoms with Crippen LogP contribution in [0.4, 0.5) is 16.2 Å². The fraction of sp³-hybridized carbons (Fsp3) is 0.167. The van der Waals surface area contributed by atoms with E-state index in [0.717, 1.165) is 11.1 Å². The lowest BCUT2D eigenvalue weighted by Crippen LogP contribution is -2.15. The predicted molar refractivity (Wildman–Crippen MR) is 93.7 cm³/mol. The number of carbonyl (C=O) groups is 2. The van der Waals surface area contributed by atoms with Gasteiger partial charge in [0.05, 0.1) is 6.61 Å². The molecule has 0 unspecified atom stereocenters. The van der Waals surface area contributed by atoms with Crippen molar-refractivity contribution in [3.63, 3.8) is 0 Å². The molecule has 6 nitrogen and oxygen atoms in total. The number of amides is 2. The first-order valence-electron chi connectivity index (χ1n) is 7.52. The number of anilines is 2. The van der Waals surface area contributed by atoms with E-state index in [2.05, 4.69) is 15.6 Å². The number of pyridine rings is 1. The van der Waals surface area contributed by atoms with Gasteiger partial charge >= 0.3 is 6.09 Å². The van der Waals surface area contributed by atoms with E-state index in [9.17, 15) is 9.59 Å². The Balaban J connectivity index is 2.05. The standard InChI is InChI=1S/C18H19N3O3/c1-3-24-18(23)21-16-6-4-5-15(13(16)2)20-17(22)8-7-14-9-11-19-12-10-14/h4-12H,3H2,1-2H3,(H,20,22)(H,21,23)/b8-7+. The quantitative estimate of drug-likeness (QED) is 0.823. The minimum Gasteiger partial charge on any atom is -0.450 e. The number of nitrogens with one attached hydrogen (secondary N) is 2. The van der Waals surface area contributed by atoms with Crippen molar-refractivity contribution in [3.8, 4) is 0 Å². The van der Waals surface area contributed by atoms with Gasteiger partial charge < -0.3 is 10.1 Å². The van der Waals surface area contributed by atoms with Crippen LogP contribution < -0.4 is 10.6 Å². The highest BCUT2D eigenvalue weighted by atomic mass is 16.5. The molecular weight excluding hydrogens is 306 g/mol. The normalized spacial score (nSPS) is 10.4. The minimum atomic E-state index is -0.526. The number of hydrogen-bond donors (Lipinski definition) is 2. The number of hydrogen-bond acceptors (Lipinski definition) is 4. The zero-order valence-corrected chi connectivity index (χ0v) is 13.6. The number of benzene rings is 1. The van der Waals surface area contributed by atoms with Crippen LogP contribution in [0.25, 0.3) is 6.08 Å². The van der Waals surface area contributed by atoms with E-state index in [4.69, 9.17) is 4.74 Å². The topological polar surface area (TPSA) is 80.3 Å². The van der Waals surface area contributed by atoms with E-state index in [0.29, 0.717) is 18.0 Å². The second-order valence-corrected chi connectivity index (χ2v) is 4.93. The summed E-state index contributed by atoms with van der Waals surface area (Å²) >= 11 is 0. The van der Waals surface area contributed by atoms with E-state index in [1.165, 1.54) is 6.08 Å². The number of rotatable bonds is 5. The first-order chi connectivity index (χ1) is 11.6. The van der Waals surface area contributed by atoms with Crippen molar-refractivity contribution >= 4 is 29.5 Å². The molecule has 6 heteroatoms. The maximum atomic E-state index is 12.0. The largest absolute Gasteiger partial charge is 0.450 e. The third kappa shape index (κ3) is 4.95. The zero-order valence-electron chi connectivity index (χ0n) is 13.6. The fourth-order valence-corrected chi connectivity index (χ4v) is 2.00. The Labute approximate surface area is 140 Å². The lowest BCUT2D eigenvalue weighted by molar-refractivity contribution is -0.111. The molecule has 0 saturated heterocycles. The molecule has 2 amide bonds. The molecule has 1 aromatic carbocycles. The van der Waals surface area contributed by atoms with Crippen molar-refractivity contribution in [1.82, 2.24) is 4.98 Å². The molecule has 1 aromatic heterocycles. The lowest BCUT2D eigenvalue weighted by Gasteiger charge is -2.12. The molecule has 1 heterocycles. The van der Waals surface area contributed by atoms with E-state index < -0.39 is 6.09 Å². The number of ether oxygens (including phenoxy) is 1. The number of carbonyl (C=O) groups excluding carboxylic acids is 2. The number of aromatic nitrogens is 1. The molecule has 0 atom stereocenters. The highest BCUT2D eigenvalue weighted by Gasteiger charge is 2.09. The van der Waals surface area contributed by atoms with Crippen LogP contribution in [-0.2, 0) is 9.53 Å². The molecule has 0 aliphatic carbocycles. The molecule has 0 bridgehead atoms. The van der Waals surface area contributed by atoms with Gasteiger partial charge in [0.2, 0.25) is 5.91 Å². The van der Waals surface area contributed by atoms with Crippen LogP contribution in [0.1, 0.15) is 18.1 Å². The Kier molecular flexibility index (Phi) is 6.08. The van der Waals surface area contributed by atoms with Crippen LogP contribution >= 0.6 is 0 Å². The Bertz CT molecular complexity index is 742. The summed E-state index contributed by atoms with van der Waals surface area (Å²) < 4.78 is 4.86. The SMILES string of the molecule is CCOC(=O)Nc1cccc(NC(=O)/C=C/c2ccncc2)c1C. The van der Waals surface area contributed by atoms with Crippen molar-refractivity contribution < 1.29 is 14.3 Å². The van der Waals surface area contributed by atoms with Gasteiger partial charge in [-0.25, -0.2) is 4.79 Å². The highest BCUT2D eigenvalue weighted by Crippen LogP contribution is 2.23. The molecule has 0 spiro atoms. The molecule has 124 valence electrons. The van der Waals surface area contributed by atoms with E-state index in [1.807, 2.05) is 6.92 Å². The predicted octanol–water partition coefficient (Wildman–Crippen LogP) is 3.61. The Morgan fingerprint density at radius 3 is 2.46 bits per heavy atom. The average molecular weight is 325 g/mol. The summed E-state index contributed by atoms with van der Waals surface area (Å²) in [7, 11) is 0. The van der Waals surface area contributed by atoms with Gasteiger partial charge in [-0.1, -0.05) is 6.07 Å². The summed E-state index contributed by atoms with van der Waals surface area (Å²) in [5.41, 5.74) is 2.84. The molecule has 0 radical (unpaired) electrons. The molecule has 24 heavy (non-hydrogen) atoms. The summed E-state index contributed by atoms with van der Waals surface area (Å²) in [4.78, 5) is 27.5. The van der Waals surface area contributed by atoms with Gasteiger partial charge in [-0.2, -0.15) is 0 Å². The molecular formula is C18H19N3O3. The van der Waals surface area contributed by atoms with E-state index in [-0.39, 0.29) is 5.91 Å². The van der Waals surface area contributed by atoms with Crippen LogP contribution in [-0.4, -0.2) is 23.6 Å². The zero-order chi connectivity index (χ0) is 17.4. The van der Waals surface area contributed by atoms with Crippen LogP contribution in [0, 0.1) is 6.92 Å². The molecule has 2 N–H and O–H groups in total. The molecule has 0 aliphatic heterocycles. The van der Waals surface area contributed by atoms with Crippen molar-refractivity contribution in [2.45, 2.75) is 13.8 Å². The summed E-state index contributed by atoms with van der Waals surface area (Å²) in [6, 6.07) is 8.87. The Morgan fingerprint density at radius 2 is 1.79 bits per heavy atom. The average Bonchev–Trinajstić information content (AvgIpc) is 2.58. The first kappa shape index (κ1) is 17.2. The summed E-state index contributed by atoms with van der Waals surface area (Å²) in [6.07, 6.45) is 5.94. The Morgan fingerprint density at radius 1 is 1.12 bits per heavy atom. The van der Waals surface area contributed by atoms with Crippen LogP contribution in [0.3, 0.4) is 0 Å². The van der Waals surface area contributed by atoms with Gasteiger partial charge in [0.15, 0.2) is 0 Å². The van der Waals surface area contributed by atoms with Gasteiger partial charge in [0.25, 0.3) is 0 Å². The first-order valence-corrected chi connectivity index (χ1v) is 7.52. The van der Waals surface area contributed by atoms with Crippen LogP contribution in [0.15, 0.2) is 48.8 Å². The van der Waals surface area contributed by atoms with E-state index in [1.54, 1.807) is 55.7 Å². The highest BCUT2D eigenvalue weighted by molar-refractivity contribution is 6.03. The van der Waals surface area contributed by atoms with Gasteiger partial charge in [0, 0.05) is 29.8 Å². The molecule has 0 aliphatic rings.